The van der Waals surface area contributed by atoms with Crippen LogP contribution in [0.4, 0.5) is 5.69 Å². The Hall–Kier alpha value is -3.25. The molecule has 5 rings (SSSR count). The monoisotopic (exact) mass is 442 g/mol. The number of nitrogens with zero attached hydrogens (tertiary/aromatic N) is 4. The smallest absolute Gasteiger partial charge is 0.236 e. The molecule has 1 amide bonds. The number of fused-ring (bicyclic) bond motifs is 1. The molecule has 3 aromatic carbocycles. The molecule has 1 aliphatic heterocycles. The van der Waals surface area contributed by atoms with Gasteiger partial charge in [0.25, 0.3) is 0 Å². The number of aromatic nitrogens is 2. The summed E-state index contributed by atoms with van der Waals surface area (Å²) in [7, 11) is 0. The second kappa shape index (κ2) is 9.09. The molecular formula is C26H26N4OS. The maximum Gasteiger partial charge on any atom is 0.236 e. The van der Waals surface area contributed by atoms with Gasteiger partial charge >= 0.3 is 0 Å². The molecule has 0 bridgehead atoms. The molecule has 0 N–H and O–H groups in total. The van der Waals surface area contributed by atoms with E-state index >= 15 is 0 Å². The van der Waals surface area contributed by atoms with E-state index in [0.29, 0.717) is 0 Å². The zero-order chi connectivity index (χ0) is 21.9. The average Bonchev–Trinajstić information content (AvgIpc) is 3.22. The number of rotatable bonds is 5. The highest BCUT2D eigenvalue weighted by Gasteiger charge is 2.27. The summed E-state index contributed by atoms with van der Waals surface area (Å²) in [5.74, 6) is 0.175. The highest BCUT2D eigenvalue weighted by molar-refractivity contribution is 8.00. The highest BCUT2D eigenvalue weighted by atomic mass is 32.2. The zero-order valence-electron chi connectivity index (χ0n) is 18.1. The topological polar surface area (TPSA) is 41.4 Å². The van der Waals surface area contributed by atoms with Gasteiger partial charge in [-0.3, -0.25) is 9.36 Å². The number of hydrogen-bond donors (Lipinski definition) is 0. The molecule has 1 fully saturated rings. The summed E-state index contributed by atoms with van der Waals surface area (Å²) in [6, 6.07) is 28.8. The lowest BCUT2D eigenvalue weighted by Crippen LogP contribution is -2.50. The van der Waals surface area contributed by atoms with Crippen LogP contribution in [0.15, 0.2) is 90.1 Å². The molecule has 1 aromatic heterocycles. The first-order valence-corrected chi connectivity index (χ1v) is 11.9. The molecule has 5 nitrogen and oxygen atoms in total. The number of carbonyl (C=O) groups excluding carboxylic acids is 1. The van der Waals surface area contributed by atoms with Crippen LogP contribution >= 0.6 is 11.8 Å². The van der Waals surface area contributed by atoms with Gasteiger partial charge in [-0.1, -0.05) is 60.3 Å². The van der Waals surface area contributed by atoms with Crippen molar-refractivity contribution in [3.05, 3.63) is 84.9 Å². The van der Waals surface area contributed by atoms with E-state index in [1.54, 1.807) is 0 Å². The fourth-order valence-electron chi connectivity index (χ4n) is 4.20. The van der Waals surface area contributed by atoms with Crippen LogP contribution in [0.2, 0.25) is 0 Å². The van der Waals surface area contributed by atoms with Crippen molar-refractivity contribution in [2.45, 2.75) is 17.3 Å². The first kappa shape index (κ1) is 20.6. The van der Waals surface area contributed by atoms with Gasteiger partial charge in [0, 0.05) is 37.6 Å². The number of imidazole rings is 1. The van der Waals surface area contributed by atoms with Crippen molar-refractivity contribution in [2.75, 3.05) is 31.1 Å². The minimum atomic E-state index is -0.211. The van der Waals surface area contributed by atoms with Crippen molar-refractivity contribution in [2.24, 2.45) is 0 Å². The molecular weight excluding hydrogens is 416 g/mol. The lowest BCUT2D eigenvalue weighted by molar-refractivity contribution is -0.130. The van der Waals surface area contributed by atoms with Crippen molar-refractivity contribution >= 4 is 34.4 Å². The number of carbonyl (C=O) groups is 1. The molecule has 0 saturated carbocycles. The molecule has 1 atom stereocenters. The molecule has 0 radical (unpaired) electrons. The largest absolute Gasteiger partial charge is 0.368 e. The Labute approximate surface area is 192 Å². The van der Waals surface area contributed by atoms with Gasteiger partial charge in [0.15, 0.2) is 5.16 Å². The lowest BCUT2D eigenvalue weighted by Gasteiger charge is -2.37. The molecule has 0 aliphatic carbocycles. The summed E-state index contributed by atoms with van der Waals surface area (Å²) in [4.78, 5) is 22.4. The Bertz CT molecular complexity index is 1200. The summed E-state index contributed by atoms with van der Waals surface area (Å²) in [5, 5.41) is 0.638. The second-order valence-corrected chi connectivity index (χ2v) is 9.27. The van der Waals surface area contributed by atoms with Gasteiger partial charge in [0.1, 0.15) is 0 Å². The van der Waals surface area contributed by atoms with E-state index in [0.717, 1.165) is 48.1 Å². The molecule has 0 spiro atoms. The Morgan fingerprint density at radius 2 is 1.41 bits per heavy atom. The van der Waals surface area contributed by atoms with Crippen molar-refractivity contribution in [3.8, 4) is 5.69 Å². The minimum Gasteiger partial charge on any atom is -0.368 e. The average molecular weight is 443 g/mol. The predicted molar refractivity (Wildman–Crippen MR) is 132 cm³/mol. The number of hydrogen-bond acceptors (Lipinski definition) is 4. The van der Waals surface area contributed by atoms with E-state index in [-0.39, 0.29) is 11.2 Å². The maximum atomic E-state index is 13.3. The fraction of sp³-hybridized carbons (Fsp3) is 0.231. The van der Waals surface area contributed by atoms with Gasteiger partial charge in [0.2, 0.25) is 5.91 Å². The zero-order valence-corrected chi connectivity index (χ0v) is 18.9. The molecule has 162 valence electrons. The normalized spacial score (nSPS) is 15.2. The summed E-state index contributed by atoms with van der Waals surface area (Å²) in [6.07, 6.45) is 0. The van der Waals surface area contributed by atoms with Crippen LogP contribution < -0.4 is 4.90 Å². The van der Waals surface area contributed by atoms with Crippen molar-refractivity contribution < 1.29 is 4.79 Å². The van der Waals surface area contributed by atoms with Gasteiger partial charge in [-0.2, -0.15) is 0 Å². The van der Waals surface area contributed by atoms with Crippen LogP contribution in [0, 0.1) is 0 Å². The number of para-hydroxylation sites is 4. The quantitative estimate of drug-likeness (QED) is 0.414. The van der Waals surface area contributed by atoms with Gasteiger partial charge in [-0.25, -0.2) is 4.98 Å². The van der Waals surface area contributed by atoms with Gasteiger partial charge < -0.3 is 9.80 Å². The van der Waals surface area contributed by atoms with E-state index in [1.165, 1.54) is 17.4 Å². The Morgan fingerprint density at radius 1 is 0.812 bits per heavy atom. The van der Waals surface area contributed by atoms with Crippen LogP contribution in [0.1, 0.15) is 6.92 Å². The Morgan fingerprint density at radius 3 is 2.09 bits per heavy atom. The summed E-state index contributed by atoms with van der Waals surface area (Å²) < 4.78 is 2.15. The van der Waals surface area contributed by atoms with Crippen LogP contribution in [-0.2, 0) is 4.79 Å². The number of benzene rings is 3. The van der Waals surface area contributed by atoms with Crippen molar-refractivity contribution in [1.29, 1.82) is 0 Å². The summed E-state index contributed by atoms with van der Waals surface area (Å²) >= 11 is 1.54. The van der Waals surface area contributed by atoms with E-state index in [9.17, 15) is 4.79 Å². The molecule has 4 aromatic rings. The van der Waals surface area contributed by atoms with E-state index in [1.807, 2.05) is 54.3 Å². The maximum absolute atomic E-state index is 13.3. The van der Waals surface area contributed by atoms with Crippen LogP contribution in [0.3, 0.4) is 0 Å². The Balaban J connectivity index is 1.32. The van der Waals surface area contributed by atoms with Gasteiger partial charge in [0.05, 0.1) is 16.3 Å². The van der Waals surface area contributed by atoms with Crippen LogP contribution in [0.25, 0.3) is 16.7 Å². The van der Waals surface area contributed by atoms with Crippen LogP contribution in [0.5, 0.6) is 0 Å². The van der Waals surface area contributed by atoms with Crippen molar-refractivity contribution in [1.82, 2.24) is 14.5 Å². The number of thioether (sulfide) groups is 1. The van der Waals surface area contributed by atoms with Crippen molar-refractivity contribution in [3.63, 3.8) is 0 Å². The summed E-state index contributed by atoms with van der Waals surface area (Å²) in [6.45, 7) is 5.19. The molecule has 1 aliphatic rings. The Kier molecular flexibility index (Phi) is 5.86. The molecule has 1 saturated heterocycles. The van der Waals surface area contributed by atoms with E-state index in [2.05, 4.69) is 51.9 Å². The third kappa shape index (κ3) is 4.10. The third-order valence-electron chi connectivity index (χ3n) is 5.89. The van der Waals surface area contributed by atoms with Gasteiger partial charge in [-0.05, 0) is 43.3 Å². The molecule has 1 unspecified atom stereocenters. The van der Waals surface area contributed by atoms with E-state index in [4.69, 9.17) is 4.98 Å². The lowest BCUT2D eigenvalue weighted by atomic mass is 10.2. The second-order valence-electron chi connectivity index (χ2n) is 7.96. The molecule has 32 heavy (non-hydrogen) atoms. The first-order chi connectivity index (χ1) is 15.7. The molecule has 2 heterocycles. The highest BCUT2D eigenvalue weighted by Crippen LogP contribution is 2.31. The minimum absolute atomic E-state index is 0.175. The fourth-order valence-corrected chi connectivity index (χ4v) is 5.23. The number of amides is 1. The predicted octanol–water partition coefficient (Wildman–Crippen LogP) is 4.85. The summed E-state index contributed by atoms with van der Waals surface area (Å²) in [5.41, 5.74) is 4.27. The first-order valence-electron chi connectivity index (χ1n) is 11.0. The molecule has 6 heteroatoms. The van der Waals surface area contributed by atoms with Crippen LogP contribution in [-0.4, -0.2) is 51.8 Å². The third-order valence-corrected chi connectivity index (χ3v) is 6.93. The SMILES string of the molecule is CC(Sc1nc2ccccc2n1-c1ccccc1)C(=O)N1CCN(c2ccccc2)CC1. The number of piperazine rings is 1. The standard InChI is InChI=1S/C26H26N4OS/c1-20(25(31)29-18-16-28(17-19-29)21-10-4-2-5-11-21)32-26-27-23-14-8-9-15-24(23)30(26)22-12-6-3-7-13-22/h2-15,20H,16-19H2,1H3. The number of anilines is 1. The van der Waals surface area contributed by atoms with E-state index < -0.39 is 0 Å². The van der Waals surface area contributed by atoms with Gasteiger partial charge in [-0.15, -0.1) is 0 Å².